The zero-order chi connectivity index (χ0) is 16.8. The monoisotopic (exact) mass is 337 g/mol. The van der Waals surface area contributed by atoms with Crippen LogP contribution < -0.4 is 10.1 Å². The molecular formula is C17H20ClNO4. The van der Waals surface area contributed by atoms with Gasteiger partial charge in [-0.1, -0.05) is 24.9 Å². The van der Waals surface area contributed by atoms with Gasteiger partial charge in [-0.15, -0.1) is 0 Å². The Morgan fingerprint density at radius 3 is 2.96 bits per heavy atom. The first-order valence-electron chi connectivity index (χ1n) is 7.61. The van der Waals surface area contributed by atoms with Crippen LogP contribution in [0.1, 0.15) is 32.3 Å². The Morgan fingerprint density at radius 2 is 2.22 bits per heavy atom. The summed E-state index contributed by atoms with van der Waals surface area (Å²) in [6.45, 7) is 4.13. The summed E-state index contributed by atoms with van der Waals surface area (Å²) in [6.07, 6.45) is 3.47. The quantitative estimate of drug-likeness (QED) is 0.640. The van der Waals surface area contributed by atoms with Crippen molar-refractivity contribution < 1.29 is 19.1 Å². The molecular weight excluding hydrogens is 318 g/mol. The number of benzene rings is 1. The lowest BCUT2D eigenvalue weighted by atomic mass is 10.1. The highest BCUT2D eigenvalue weighted by Crippen LogP contribution is 2.28. The third kappa shape index (κ3) is 4.73. The van der Waals surface area contributed by atoms with E-state index in [1.54, 1.807) is 31.2 Å². The van der Waals surface area contributed by atoms with Gasteiger partial charge in [-0.05, 0) is 37.6 Å². The van der Waals surface area contributed by atoms with Crippen LogP contribution in [0.25, 0.3) is 6.08 Å². The Kier molecular flexibility index (Phi) is 6.04. The second kappa shape index (κ2) is 8.02. The van der Waals surface area contributed by atoms with Gasteiger partial charge in [-0.2, -0.15) is 0 Å². The van der Waals surface area contributed by atoms with E-state index in [1.807, 2.05) is 6.92 Å². The number of carbonyl (C=O) groups is 2. The molecule has 1 aromatic carbocycles. The number of hydrogen-bond acceptors (Lipinski definition) is 4. The van der Waals surface area contributed by atoms with E-state index in [-0.39, 0.29) is 12.5 Å². The molecule has 0 saturated heterocycles. The van der Waals surface area contributed by atoms with Crippen molar-refractivity contribution in [2.75, 3.05) is 13.2 Å². The fourth-order valence-electron chi connectivity index (χ4n) is 2.07. The Labute approximate surface area is 140 Å². The number of hydrogen-bond donors (Lipinski definition) is 1. The SMILES string of the molecule is CCCCOC(=O)C(C)NC(=O)C1=Cc2cc(Cl)ccc2OC1. The second-order valence-electron chi connectivity index (χ2n) is 5.36. The Hall–Kier alpha value is -2.01. The molecule has 1 amide bonds. The van der Waals surface area contributed by atoms with Crippen molar-refractivity contribution in [3.8, 4) is 5.75 Å². The van der Waals surface area contributed by atoms with Crippen molar-refractivity contribution in [2.24, 2.45) is 0 Å². The Morgan fingerprint density at radius 1 is 1.43 bits per heavy atom. The van der Waals surface area contributed by atoms with E-state index < -0.39 is 12.0 Å². The Bertz CT molecular complexity index is 627. The maximum absolute atomic E-state index is 12.2. The number of rotatable bonds is 6. The number of ether oxygens (including phenoxy) is 2. The first-order valence-corrected chi connectivity index (χ1v) is 7.99. The molecule has 6 heteroatoms. The summed E-state index contributed by atoms with van der Waals surface area (Å²) in [5.74, 6) is -0.110. The minimum Gasteiger partial charge on any atom is -0.488 e. The van der Waals surface area contributed by atoms with Gasteiger partial charge in [0, 0.05) is 10.6 Å². The van der Waals surface area contributed by atoms with Gasteiger partial charge >= 0.3 is 5.97 Å². The average molecular weight is 338 g/mol. The summed E-state index contributed by atoms with van der Waals surface area (Å²) in [4.78, 5) is 24.0. The molecule has 124 valence electrons. The van der Waals surface area contributed by atoms with E-state index in [9.17, 15) is 9.59 Å². The van der Waals surface area contributed by atoms with E-state index >= 15 is 0 Å². The van der Waals surface area contributed by atoms with Crippen LogP contribution in [0.2, 0.25) is 5.02 Å². The fraction of sp³-hybridized carbons (Fsp3) is 0.412. The van der Waals surface area contributed by atoms with Gasteiger partial charge in [0.15, 0.2) is 0 Å². The highest BCUT2D eigenvalue weighted by molar-refractivity contribution is 6.30. The van der Waals surface area contributed by atoms with E-state index in [1.165, 1.54) is 0 Å². The summed E-state index contributed by atoms with van der Waals surface area (Å²) in [7, 11) is 0. The number of fused-ring (bicyclic) bond motifs is 1. The maximum atomic E-state index is 12.2. The van der Waals surface area contributed by atoms with Crippen molar-refractivity contribution in [3.05, 3.63) is 34.4 Å². The maximum Gasteiger partial charge on any atom is 0.328 e. The fourth-order valence-corrected chi connectivity index (χ4v) is 2.25. The highest BCUT2D eigenvalue weighted by atomic mass is 35.5. The molecule has 0 aliphatic carbocycles. The number of halogens is 1. The molecule has 1 heterocycles. The summed E-state index contributed by atoms with van der Waals surface area (Å²) in [5, 5.41) is 3.19. The van der Waals surface area contributed by atoms with E-state index in [2.05, 4.69) is 5.32 Å². The molecule has 1 aliphatic heterocycles. The largest absolute Gasteiger partial charge is 0.488 e. The molecule has 0 bridgehead atoms. The molecule has 1 unspecified atom stereocenters. The normalized spacial score (nSPS) is 14.1. The standard InChI is InChI=1S/C17H20ClNO4/c1-3-4-7-22-17(21)11(2)19-16(20)13-8-12-9-14(18)5-6-15(12)23-10-13/h5-6,8-9,11H,3-4,7,10H2,1-2H3,(H,19,20). The second-order valence-corrected chi connectivity index (χ2v) is 5.79. The molecule has 0 radical (unpaired) electrons. The van der Waals surface area contributed by atoms with Gasteiger partial charge in [0.25, 0.3) is 5.91 Å². The van der Waals surface area contributed by atoms with E-state index in [4.69, 9.17) is 21.1 Å². The lowest BCUT2D eigenvalue weighted by Gasteiger charge is -2.19. The van der Waals surface area contributed by atoms with Crippen LogP contribution in [0.4, 0.5) is 0 Å². The van der Waals surface area contributed by atoms with Gasteiger partial charge in [-0.25, -0.2) is 4.79 Å². The molecule has 23 heavy (non-hydrogen) atoms. The van der Waals surface area contributed by atoms with Gasteiger partial charge in [-0.3, -0.25) is 4.79 Å². The molecule has 1 aliphatic rings. The summed E-state index contributed by atoms with van der Waals surface area (Å²) in [5.41, 5.74) is 1.18. The third-order valence-electron chi connectivity index (χ3n) is 3.42. The predicted octanol–water partition coefficient (Wildman–Crippen LogP) is 2.96. The molecule has 0 saturated carbocycles. The lowest BCUT2D eigenvalue weighted by molar-refractivity contribution is -0.147. The number of nitrogens with one attached hydrogen (secondary N) is 1. The highest BCUT2D eigenvalue weighted by Gasteiger charge is 2.22. The van der Waals surface area contributed by atoms with Gasteiger partial charge in [0.05, 0.1) is 12.2 Å². The van der Waals surface area contributed by atoms with Crippen LogP contribution in [0, 0.1) is 0 Å². The Balaban J connectivity index is 1.97. The first-order chi connectivity index (χ1) is 11.0. The molecule has 1 aromatic rings. The molecule has 1 atom stereocenters. The first kappa shape index (κ1) is 17.3. The van der Waals surface area contributed by atoms with E-state index in [0.717, 1.165) is 18.4 Å². The third-order valence-corrected chi connectivity index (χ3v) is 3.65. The van der Waals surface area contributed by atoms with Crippen LogP contribution in [0.15, 0.2) is 23.8 Å². The van der Waals surface area contributed by atoms with Crippen molar-refractivity contribution in [3.63, 3.8) is 0 Å². The average Bonchev–Trinajstić information content (AvgIpc) is 2.54. The molecule has 0 fully saturated rings. The smallest absolute Gasteiger partial charge is 0.328 e. The molecule has 5 nitrogen and oxygen atoms in total. The van der Waals surface area contributed by atoms with Crippen LogP contribution in [0.5, 0.6) is 5.75 Å². The lowest BCUT2D eigenvalue weighted by Crippen LogP contribution is -2.41. The van der Waals surface area contributed by atoms with Gasteiger partial charge in [0.1, 0.15) is 18.4 Å². The number of amides is 1. The van der Waals surface area contributed by atoms with E-state index in [0.29, 0.717) is 23.0 Å². The summed E-state index contributed by atoms with van der Waals surface area (Å²) in [6, 6.07) is 4.51. The van der Waals surface area contributed by atoms with Gasteiger partial charge < -0.3 is 14.8 Å². The number of esters is 1. The van der Waals surface area contributed by atoms with Crippen LogP contribution in [0.3, 0.4) is 0 Å². The topological polar surface area (TPSA) is 64.6 Å². The molecule has 0 aromatic heterocycles. The summed E-state index contributed by atoms with van der Waals surface area (Å²) < 4.78 is 10.6. The summed E-state index contributed by atoms with van der Waals surface area (Å²) >= 11 is 5.94. The van der Waals surface area contributed by atoms with Gasteiger partial charge in [0.2, 0.25) is 0 Å². The van der Waals surface area contributed by atoms with Crippen molar-refractivity contribution in [1.29, 1.82) is 0 Å². The predicted molar refractivity (Wildman–Crippen MR) is 88.4 cm³/mol. The molecule has 2 rings (SSSR count). The van der Waals surface area contributed by atoms with Crippen LogP contribution in [-0.4, -0.2) is 31.1 Å². The van der Waals surface area contributed by atoms with Crippen molar-refractivity contribution >= 4 is 29.6 Å². The van der Waals surface area contributed by atoms with Crippen LogP contribution >= 0.6 is 11.6 Å². The minimum atomic E-state index is -0.707. The van der Waals surface area contributed by atoms with Crippen molar-refractivity contribution in [1.82, 2.24) is 5.32 Å². The minimum absolute atomic E-state index is 0.151. The van der Waals surface area contributed by atoms with Crippen LogP contribution in [-0.2, 0) is 14.3 Å². The number of carbonyl (C=O) groups excluding carboxylic acids is 2. The zero-order valence-corrected chi connectivity index (χ0v) is 14.0. The number of unbranched alkanes of at least 4 members (excludes halogenated alkanes) is 1. The molecule has 1 N–H and O–H groups in total. The molecule has 0 spiro atoms. The zero-order valence-electron chi connectivity index (χ0n) is 13.2. The van der Waals surface area contributed by atoms with Crippen molar-refractivity contribution in [2.45, 2.75) is 32.7 Å².